The van der Waals surface area contributed by atoms with Crippen LogP contribution in [0.2, 0.25) is 0 Å². The van der Waals surface area contributed by atoms with Gasteiger partial charge in [0.05, 0.1) is 7.11 Å². The molecule has 0 aliphatic carbocycles. The Hall–Kier alpha value is -1.42. The number of aryl methyl sites for hydroxylation is 1. The summed E-state index contributed by atoms with van der Waals surface area (Å²) in [7, 11) is 3.32. The lowest BCUT2D eigenvalue weighted by molar-refractivity contribution is -0.0529. The van der Waals surface area contributed by atoms with Crippen molar-refractivity contribution in [3.05, 3.63) is 30.4 Å². The van der Waals surface area contributed by atoms with E-state index < -0.39 is 0 Å². The highest BCUT2D eigenvalue weighted by molar-refractivity contribution is 5.53. The fourth-order valence-corrected chi connectivity index (χ4v) is 0.793. The largest absolute Gasteiger partial charge is 0.277 e. The zero-order valence-corrected chi connectivity index (χ0v) is 8.11. The topological polar surface area (TPSA) is 38.2 Å². The van der Waals surface area contributed by atoms with Crippen molar-refractivity contribution in [1.29, 1.82) is 0 Å². The number of nitrogens with zero attached hydrogens (tertiary/aromatic N) is 3. The van der Waals surface area contributed by atoms with Gasteiger partial charge in [0.25, 0.3) is 0 Å². The lowest BCUT2D eigenvalue weighted by Crippen LogP contribution is -2.15. The van der Waals surface area contributed by atoms with Gasteiger partial charge in [-0.05, 0) is 12.5 Å². The highest BCUT2D eigenvalue weighted by Crippen LogP contribution is 2.09. The molecular formula is C9H13N3O. The molecule has 1 aromatic heterocycles. The van der Waals surface area contributed by atoms with Gasteiger partial charge in [-0.1, -0.05) is 6.58 Å². The second-order valence-electron chi connectivity index (χ2n) is 2.71. The molecule has 0 bridgehead atoms. The Bertz CT molecular complexity index is 294. The summed E-state index contributed by atoms with van der Waals surface area (Å²) in [5.41, 5.74) is 1.67. The molecule has 13 heavy (non-hydrogen) atoms. The maximum Gasteiger partial charge on any atom is 0.177 e. The van der Waals surface area contributed by atoms with Gasteiger partial charge in [0, 0.05) is 19.4 Å². The van der Waals surface area contributed by atoms with E-state index in [1.807, 2.05) is 6.92 Å². The number of aromatic nitrogens is 2. The van der Waals surface area contributed by atoms with Gasteiger partial charge in [-0.2, -0.15) is 0 Å². The zero-order valence-electron chi connectivity index (χ0n) is 8.11. The van der Waals surface area contributed by atoms with Crippen molar-refractivity contribution in [2.75, 3.05) is 14.2 Å². The van der Waals surface area contributed by atoms with Crippen LogP contribution in [0.15, 0.2) is 19.0 Å². The van der Waals surface area contributed by atoms with Gasteiger partial charge < -0.3 is 0 Å². The summed E-state index contributed by atoms with van der Waals surface area (Å²) in [6.45, 7) is 5.74. The summed E-state index contributed by atoms with van der Waals surface area (Å²) in [5, 5.41) is 1.52. The summed E-state index contributed by atoms with van der Waals surface area (Å²) >= 11 is 0. The average Bonchev–Trinajstić information content (AvgIpc) is 2.17. The van der Waals surface area contributed by atoms with Crippen LogP contribution in [0.5, 0.6) is 0 Å². The standard InChI is InChI=1S/C9H13N3O/c1-7-5-10-9(11-6-7)8(2)12(3)13-4/h5-6H,2H2,1,3-4H3. The first-order chi connectivity index (χ1) is 6.15. The van der Waals surface area contributed by atoms with E-state index in [-0.39, 0.29) is 0 Å². The molecule has 4 heteroatoms. The predicted octanol–water partition coefficient (Wildman–Crippen LogP) is 1.25. The molecule has 0 aromatic carbocycles. The van der Waals surface area contributed by atoms with E-state index in [1.165, 1.54) is 5.06 Å². The molecule has 1 aromatic rings. The molecule has 0 atom stereocenters. The van der Waals surface area contributed by atoms with E-state index in [0.717, 1.165) is 5.56 Å². The van der Waals surface area contributed by atoms with Crippen molar-refractivity contribution in [1.82, 2.24) is 15.0 Å². The second-order valence-corrected chi connectivity index (χ2v) is 2.71. The van der Waals surface area contributed by atoms with Crippen molar-refractivity contribution < 1.29 is 4.84 Å². The normalized spacial score (nSPS) is 9.77. The van der Waals surface area contributed by atoms with Crippen LogP contribution in [-0.2, 0) is 4.84 Å². The van der Waals surface area contributed by atoms with Gasteiger partial charge in [-0.25, -0.2) is 9.97 Å². The van der Waals surface area contributed by atoms with Crippen LogP contribution in [0.3, 0.4) is 0 Å². The number of rotatable bonds is 3. The van der Waals surface area contributed by atoms with Crippen LogP contribution in [0.4, 0.5) is 0 Å². The zero-order chi connectivity index (χ0) is 9.84. The van der Waals surface area contributed by atoms with E-state index in [4.69, 9.17) is 4.84 Å². The predicted molar refractivity (Wildman–Crippen MR) is 50.6 cm³/mol. The molecule has 1 heterocycles. The number of hydrogen-bond donors (Lipinski definition) is 0. The molecule has 0 N–H and O–H groups in total. The molecule has 0 amide bonds. The molecule has 0 aliphatic rings. The third-order valence-corrected chi connectivity index (χ3v) is 1.69. The first kappa shape index (κ1) is 9.67. The van der Waals surface area contributed by atoms with E-state index in [9.17, 15) is 0 Å². The SMILES string of the molecule is C=C(c1ncc(C)cn1)N(C)OC. The van der Waals surface area contributed by atoms with Crippen molar-refractivity contribution in [2.45, 2.75) is 6.92 Å². The lowest BCUT2D eigenvalue weighted by Gasteiger charge is -2.16. The Labute approximate surface area is 77.8 Å². The van der Waals surface area contributed by atoms with Crippen molar-refractivity contribution in [2.24, 2.45) is 0 Å². The minimum atomic E-state index is 0.579. The van der Waals surface area contributed by atoms with Crippen LogP contribution in [0.1, 0.15) is 11.4 Å². The molecule has 0 fully saturated rings. The molecule has 4 nitrogen and oxygen atoms in total. The average molecular weight is 179 g/mol. The summed E-state index contributed by atoms with van der Waals surface area (Å²) < 4.78 is 0. The summed E-state index contributed by atoms with van der Waals surface area (Å²) in [5.74, 6) is 0.579. The Morgan fingerprint density at radius 3 is 2.46 bits per heavy atom. The molecule has 0 saturated heterocycles. The van der Waals surface area contributed by atoms with Crippen LogP contribution in [0.25, 0.3) is 5.70 Å². The third-order valence-electron chi connectivity index (χ3n) is 1.69. The minimum Gasteiger partial charge on any atom is -0.277 e. The Morgan fingerprint density at radius 1 is 1.46 bits per heavy atom. The van der Waals surface area contributed by atoms with Crippen molar-refractivity contribution >= 4 is 5.70 Å². The molecular weight excluding hydrogens is 166 g/mol. The lowest BCUT2D eigenvalue weighted by atomic mass is 10.4. The Kier molecular flexibility index (Phi) is 2.97. The molecule has 0 radical (unpaired) electrons. The van der Waals surface area contributed by atoms with Gasteiger partial charge >= 0.3 is 0 Å². The summed E-state index contributed by atoms with van der Waals surface area (Å²) in [6, 6.07) is 0. The summed E-state index contributed by atoms with van der Waals surface area (Å²) in [6.07, 6.45) is 3.49. The molecule has 0 saturated carbocycles. The molecule has 0 aliphatic heterocycles. The highest BCUT2D eigenvalue weighted by Gasteiger charge is 2.05. The molecule has 70 valence electrons. The van der Waals surface area contributed by atoms with Gasteiger partial charge in [0.1, 0.15) is 5.70 Å². The Balaban J connectivity index is 2.83. The van der Waals surface area contributed by atoms with Gasteiger partial charge in [0.2, 0.25) is 0 Å². The van der Waals surface area contributed by atoms with E-state index in [0.29, 0.717) is 11.5 Å². The van der Waals surface area contributed by atoms with Gasteiger partial charge in [-0.3, -0.25) is 9.90 Å². The fraction of sp³-hybridized carbons (Fsp3) is 0.333. The van der Waals surface area contributed by atoms with E-state index in [2.05, 4.69) is 16.5 Å². The van der Waals surface area contributed by atoms with Gasteiger partial charge in [-0.15, -0.1) is 0 Å². The van der Waals surface area contributed by atoms with E-state index >= 15 is 0 Å². The maximum atomic E-state index is 4.95. The third kappa shape index (κ3) is 2.26. The van der Waals surface area contributed by atoms with Crippen LogP contribution in [-0.4, -0.2) is 29.2 Å². The smallest absolute Gasteiger partial charge is 0.177 e. The van der Waals surface area contributed by atoms with Gasteiger partial charge in [0.15, 0.2) is 5.82 Å². The molecule has 0 spiro atoms. The first-order valence-corrected chi connectivity index (χ1v) is 3.91. The van der Waals surface area contributed by atoms with Crippen molar-refractivity contribution in [3.8, 4) is 0 Å². The monoisotopic (exact) mass is 179 g/mol. The minimum absolute atomic E-state index is 0.579. The number of hydrogen-bond acceptors (Lipinski definition) is 4. The quantitative estimate of drug-likeness (QED) is 0.654. The van der Waals surface area contributed by atoms with Crippen LogP contribution < -0.4 is 0 Å². The van der Waals surface area contributed by atoms with Crippen LogP contribution >= 0.6 is 0 Å². The number of hydroxylamine groups is 2. The Morgan fingerprint density at radius 2 is 2.00 bits per heavy atom. The fourth-order valence-electron chi connectivity index (χ4n) is 0.793. The highest BCUT2D eigenvalue weighted by atomic mass is 16.7. The van der Waals surface area contributed by atoms with Crippen molar-refractivity contribution in [3.63, 3.8) is 0 Å². The second kappa shape index (κ2) is 4.00. The first-order valence-electron chi connectivity index (χ1n) is 3.91. The molecule has 1 rings (SSSR count). The van der Waals surface area contributed by atoms with E-state index in [1.54, 1.807) is 26.6 Å². The maximum absolute atomic E-state index is 4.95. The van der Waals surface area contributed by atoms with Crippen LogP contribution in [0, 0.1) is 6.92 Å². The summed E-state index contributed by atoms with van der Waals surface area (Å²) in [4.78, 5) is 13.2. The molecule has 0 unspecified atom stereocenters.